The van der Waals surface area contributed by atoms with Crippen LogP contribution in [0.3, 0.4) is 0 Å². The van der Waals surface area contributed by atoms with Gasteiger partial charge in [-0.2, -0.15) is 0 Å². The normalized spacial score (nSPS) is 13.4. The first-order valence-electron chi connectivity index (χ1n) is 10.2. The maximum atomic E-state index is 10.9. The van der Waals surface area contributed by atoms with Crippen molar-refractivity contribution < 1.29 is 5.11 Å². The molecular weight excluding hydrogens is 342 g/mol. The summed E-state index contributed by atoms with van der Waals surface area (Å²) in [5, 5.41) is 10.9. The topological polar surface area (TPSA) is 23.5 Å². The maximum Gasteiger partial charge on any atom is 0.0635 e. The van der Waals surface area contributed by atoms with E-state index in [1.54, 1.807) is 0 Å². The molecule has 0 aliphatic carbocycles. The SMILES string of the molecule is CC(O)(CCc1ccccc1)CCN(Cc1ccccc1)Cc1ccccc1. The Morgan fingerprint density at radius 3 is 1.54 bits per heavy atom. The third kappa shape index (κ3) is 6.95. The highest BCUT2D eigenvalue weighted by Gasteiger charge is 2.21. The van der Waals surface area contributed by atoms with Crippen LogP contribution < -0.4 is 0 Å². The van der Waals surface area contributed by atoms with Gasteiger partial charge in [0.2, 0.25) is 0 Å². The fraction of sp³-hybridized carbons (Fsp3) is 0.308. The molecule has 3 aromatic rings. The predicted octanol–water partition coefficient (Wildman–Crippen LogP) is 5.46. The van der Waals surface area contributed by atoms with Crippen LogP contribution in [0, 0.1) is 0 Å². The summed E-state index contributed by atoms with van der Waals surface area (Å²) in [6.07, 6.45) is 2.45. The molecule has 0 aliphatic rings. The van der Waals surface area contributed by atoms with Gasteiger partial charge in [-0.1, -0.05) is 91.0 Å². The van der Waals surface area contributed by atoms with E-state index in [2.05, 4.69) is 89.8 Å². The second-order valence-corrected chi connectivity index (χ2v) is 7.91. The molecule has 1 atom stereocenters. The first kappa shape index (κ1) is 20.3. The molecule has 1 unspecified atom stereocenters. The zero-order valence-corrected chi connectivity index (χ0v) is 16.8. The van der Waals surface area contributed by atoms with E-state index in [9.17, 15) is 5.11 Å². The van der Waals surface area contributed by atoms with Crippen molar-refractivity contribution >= 4 is 0 Å². The van der Waals surface area contributed by atoms with Gasteiger partial charge in [0, 0.05) is 19.6 Å². The lowest BCUT2D eigenvalue weighted by molar-refractivity contribution is 0.0295. The second-order valence-electron chi connectivity index (χ2n) is 7.91. The number of hydrogen-bond donors (Lipinski definition) is 1. The predicted molar refractivity (Wildman–Crippen MR) is 117 cm³/mol. The van der Waals surface area contributed by atoms with E-state index in [-0.39, 0.29) is 0 Å². The van der Waals surface area contributed by atoms with Gasteiger partial charge < -0.3 is 5.11 Å². The summed E-state index contributed by atoms with van der Waals surface area (Å²) in [5.41, 5.74) is 3.24. The standard InChI is InChI=1S/C26H31NO/c1-26(28,18-17-23-11-5-2-6-12-23)19-20-27(21-24-13-7-3-8-14-24)22-25-15-9-4-10-16-25/h2-16,28H,17-22H2,1H3. The molecule has 0 aromatic heterocycles. The maximum absolute atomic E-state index is 10.9. The van der Waals surface area contributed by atoms with Crippen LogP contribution in [0.1, 0.15) is 36.5 Å². The Morgan fingerprint density at radius 1 is 0.643 bits per heavy atom. The Bertz CT molecular complexity index is 758. The molecule has 0 bridgehead atoms. The third-order valence-electron chi connectivity index (χ3n) is 5.26. The molecule has 1 N–H and O–H groups in total. The molecular formula is C26H31NO. The largest absolute Gasteiger partial charge is 0.390 e. The molecule has 146 valence electrons. The number of hydrogen-bond acceptors (Lipinski definition) is 2. The lowest BCUT2D eigenvalue weighted by Gasteiger charge is -2.29. The van der Waals surface area contributed by atoms with Crippen molar-refractivity contribution in [2.24, 2.45) is 0 Å². The molecule has 0 saturated carbocycles. The van der Waals surface area contributed by atoms with E-state index in [1.807, 2.05) is 13.0 Å². The summed E-state index contributed by atoms with van der Waals surface area (Å²) in [5.74, 6) is 0. The minimum atomic E-state index is -0.665. The molecule has 28 heavy (non-hydrogen) atoms. The highest BCUT2D eigenvalue weighted by Crippen LogP contribution is 2.20. The van der Waals surface area contributed by atoms with Crippen LogP contribution in [0.25, 0.3) is 0 Å². The number of benzene rings is 3. The van der Waals surface area contributed by atoms with E-state index in [0.717, 1.165) is 38.9 Å². The van der Waals surface area contributed by atoms with Crippen LogP contribution in [-0.2, 0) is 19.5 Å². The molecule has 0 radical (unpaired) electrons. The van der Waals surface area contributed by atoms with E-state index in [1.165, 1.54) is 16.7 Å². The fourth-order valence-electron chi connectivity index (χ4n) is 3.48. The van der Waals surface area contributed by atoms with Gasteiger partial charge in [-0.25, -0.2) is 0 Å². The molecule has 0 saturated heterocycles. The zero-order chi connectivity index (χ0) is 19.7. The van der Waals surface area contributed by atoms with E-state index >= 15 is 0 Å². The van der Waals surface area contributed by atoms with Crippen molar-refractivity contribution in [3.05, 3.63) is 108 Å². The van der Waals surface area contributed by atoms with Crippen molar-refractivity contribution in [2.75, 3.05) is 6.54 Å². The number of nitrogens with zero attached hydrogens (tertiary/aromatic N) is 1. The number of rotatable bonds is 10. The smallest absolute Gasteiger partial charge is 0.0635 e. The molecule has 3 aromatic carbocycles. The van der Waals surface area contributed by atoms with Crippen LogP contribution in [0.5, 0.6) is 0 Å². The summed E-state index contributed by atoms with van der Waals surface area (Å²) >= 11 is 0. The van der Waals surface area contributed by atoms with Crippen LogP contribution in [-0.4, -0.2) is 22.2 Å². The minimum absolute atomic E-state index is 0.665. The highest BCUT2D eigenvalue weighted by molar-refractivity contribution is 5.17. The third-order valence-corrected chi connectivity index (χ3v) is 5.26. The van der Waals surface area contributed by atoms with Crippen molar-refractivity contribution in [3.8, 4) is 0 Å². The molecule has 0 fully saturated rings. The molecule has 0 spiro atoms. The zero-order valence-electron chi connectivity index (χ0n) is 16.8. The summed E-state index contributed by atoms with van der Waals surface area (Å²) in [6, 6.07) is 31.6. The van der Waals surface area contributed by atoms with Crippen LogP contribution >= 0.6 is 0 Å². The quantitative estimate of drug-likeness (QED) is 0.510. The summed E-state index contributed by atoms with van der Waals surface area (Å²) in [6.45, 7) is 4.62. The van der Waals surface area contributed by atoms with Crippen molar-refractivity contribution in [1.29, 1.82) is 0 Å². The van der Waals surface area contributed by atoms with Crippen molar-refractivity contribution in [3.63, 3.8) is 0 Å². The van der Waals surface area contributed by atoms with Crippen LogP contribution in [0.15, 0.2) is 91.0 Å². The highest BCUT2D eigenvalue weighted by atomic mass is 16.3. The Kier molecular flexibility index (Phi) is 7.41. The van der Waals surface area contributed by atoms with Gasteiger partial charge in [0.25, 0.3) is 0 Å². The van der Waals surface area contributed by atoms with Gasteiger partial charge in [-0.15, -0.1) is 0 Å². The Morgan fingerprint density at radius 2 is 1.07 bits per heavy atom. The van der Waals surface area contributed by atoms with Gasteiger partial charge in [0.1, 0.15) is 0 Å². The van der Waals surface area contributed by atoms with E-state index in [0.29, 0.717) is 0 Å². The first-order valence-corrected chi connectivity index (χ1v) is 10.2. The van der Waals surface area contributed by atoms with Gasteiger partial charge >= 0.3 is 0 Å². The Hall–Kier alpha value is -2.42. The molecule has 0 amide bonds. The first-order chi connectivity index (χ1) is 13.6. The average molecular weight is 374 g/mol. The van der Waals surface area contributed by atoms with Crippen molar-refractivity contribution in [2.45, 2.75) is 44.9 Å². The second kappa shape index (κ2) is 10.2. The monoisotopic (exact) mass is 373 g/mol. The average Bonchev–Trinajstić information content (AvgIpc) is 2.73. The Balaban J connectivity index is 1.59. The number of aryl methyl sites for hydroxylation is 1. The van der Waals surface area contributed by atoms with Crippen LogP contribution in [0.2, 0.25) is 0 Å². The van der Waals surface area contributed by atoms with E-state index < -0.39 is 5.60 Å². The summed E-state index contributed by atoms with van der Waals surface area (Å²) in [4.78, 5) is 2.43. The molecule has 0 heterocycles. The summed E-state index contributed by atoms with van der Waals surface area (Å²) in [7, 11) is 0. The fourth-order valence-corrected chi connectivity index (χ4v) is 3.48. The molecule has 2 heteroatoms. The molecule has 3 rings (SSSR count). The Labute approximate surface area is 169 Å². The molecule has 2 nitrogen and oxygen atoms in total. The molecule has 0 aliphatic heterocycles. The number of aliphatic hydroxyl groups is 1. The minimum Gasteiger partial charge on any atom is -0.390 e. The van der Waals surface area contributed by atoms with Gasteiger partial charge in [0.05, 0.1) is 5.60 Å². The van der Waals surface area contributed by atoms with Gasteiger partial charge in [-0.05, 0) is 42.9 Å². The van der Waals surface area contributed by atoms with E-state index in [4.69, 9.17) is 0 Å². The lowest BCUT2D eigenvalue weighted by Crippen LogP contribution is -2.33. The van der Waals surface area contributed by atoms with Crippen LogP contribution in [0.4, 0.5) is 0 Å². The van der Waals surface area contributed by atoms with Gasteiger partial charge in [-0.3, -0.25) is 4.90 Å². The van der Waals surface area contributed by atoms with Gasteiger partial charge in [0.15, 0.2) is 0 Å². The lowest BCUT2D eigenvalue weighted by atomic mass is 9.93. The van der Waals surface area contributed by atoms with Crippen molar-refractivity contribution in [1.82, 2.24) is 4.90 Å². The summed E-state index contributed by atoms with van der Waals surface area (Å²) < 4.78 is 0.